The molecule has 0 N–H and O–H groups in total. The molecule has 4 heteroatoms. The van der Waals surface area contributed by atoms with Crippen LogP contribution in [0, 0.1) is 0 Å². The Kier molecular flexibility index (Phi) is 5.25. The van der Waals surface area contributed by atoms with Gasteiger partial charge in [0.25, 0.3) is 0 Å². The van der Waals surface area contributed by atoms with E-state index in [1.807, 2.05) is 12.1 Å². The van der Waals surface area contributed by atoms with Crippen LogP contribution in [0.1, 0.15) is 0 Å². The second-order valence-corrected chi connectivity index (χ2v) is 11.8. The van der Waals surface area contributed by atoms with Crippen molar-refractivity contribution in [2.24, 2.45) is 0 Å². The van der Waals surface area contributed by atoms with E-state index in [1.54, 1.807) is 0 Å². The first-order valence-corrected chi connectivity index (χ1v) is 15.6. The molecule has 3 aromatic heterocycles. The molecule has 0 radical (unpaired) electrons. The number of aromatic nitrogens is 4. The maximum atomic E-state index is 5.33. The van der Waals surface area contributed by atoms with Crippen molar-refractivity contribution in [3.63, 3.8) is 0 Å². The van der Waals surface area contributed by atoms with E-state index in [1.165, 1.54) is 43.4 Å². The maximum Gasteiger partial charge on any atom is 0.235 e. The highest BCUT2D eigenvalue weighted by atomic mass is 15.2. The summed E-state index contributed by atoms with van der Waals surface area (Å²) in [6.07, 6.45) is 0. The van der Waals surface area contributed by atoms with Gasteiger partial charge in [0.2, 0.25) is 5.95 Å². The Morgan fingerprint density at radius 2 is 0.891 bits per heavy atom. The first-order chi connectivity index (χ1) is 22.8. The van der Waals surface area contributed by atoms with Gasteiger partial charge in [-0.25, -0.2) is 9.97 Å². The van der Waals surface area contributed by atoms with E-state index in [-0.39, 0.29) is 0 Å². The Morgan fingerprint density at radius 1 is 0.370 bits per heavy atom. The molecule has 0 saturated heterocycles. The predicted octanol–water partition coefficient (Wildman–Crippen LogP) is 10.6. The largest absolute Gasteiger partial charge is 0.309 e. The molecular weight excluding hydrogens is 560 g/mol. The van der Waals surface area contributed by atoms with E-state index in [2.05, 4.69) is 155 Å². The predicted molar refractivity (Wildman–Crippen MR) is 191 cm³/mol. The quantitative estimate of drug-likeness (QED) is 0.206. The van der Waals surface area contributed by atoms with Crippen molar-refractivity contribution in [2.45, 2.75) is 0 Å². The topological polar surface area (TPSA) is 35.6 Å². The Labute approximate surface area is 264 Å². The van der Waals surface area contributed by atoms with Crippen LogP contribution in [0.25, 0.3) is 88.2 Å². The molecule has 10 aromatic rings. The first kappa shape index (κ1) is 25.1. The molecule has 0 saturated carbocycles. The minimum atomic E-state index is 0.659. The number of nitrogens with zero attached hydrogens (tertiary/aromatic N) is 4. The molecule has 0 amide bonds. The highest BCUT2D eigenvalue weighted by Crippen LogP contribution is 2.42. The van der Waals surface area contributed by atoms with Gasteiger partial charge in [0.1, 0.15) is 0 Å². The lowest BCUT2D eigenvalue weighted by Crippen LogP contribution is -2.04. The Balaban J connectivity index is 1.39. The SMILES string of the molecule is c1ccc(-c2nc(-n3c4ccccc4c4c5ccccc5c(-n5c6ccccc6c6ccccc65)cc43)nc3ccccc23)cc1. The van der Waals surface area contributed by atoms with Gasteiger partial charge in [0.05, 0.1) is 39.0 Å². The molecule has 7 aromatic carbocycles. The average Bonchev–Trinajstić information content (AvgIpc) is 3.64. The van der Waals surface area contributed by atoms with Crippen LogP contribution < -0.4 is 0 Å². The minimum absolute atomic E-state index is 0.659. The molecule has 4 nitrogen and oxygen atoms in total. The number of para-hydroxylation sites is 4. The third-order valence-electron chi connectivity index (χ3n) is 9.32. The van der Waals surface area contributed by atoms with Gasteiger partial charge in [-0.15, -0.1) is 0 Å². The van der Waals surface area contributed by atoms with Gasteiger partial charge < -0.3 is 4.57 Å². The normalized spacial score (nSPS) is 11.9. The van der Waals surface area contributed by atoms with Crippen molar-refractivity contribution >= 4 is 65.3 Å². The smallest absolute Gasteiger partial charge is 0.235 e. The van der Waals surface area contributed by atoms with E-state index in [0.29, 0.717) is 5.95 Å². The van der Waals surface area contributed by atoms with E-state index >= 15 is 0 Å². The fourth-order valence-electron chi connectivity index (χ4n) is 7.37. The van der Waals surface area contributed by atoms with Crippen LogP contribution in [0.5, 0.6) is 0 Å². The summed E-state index contributed by atoms with van der Waals surface area (Å²) in [5, 5.41) is 8.31. The molecule has 0 aliphatic rings. The van der Waals surface area contributed by atoms with E-state index in [4.69, 9.17) is 9.97 Å². The molecule has 0 spiro atoms. The fourth-order valence-corrected chi connectivity index (χ4v) is 7.37. The van der Waals surface area contributed by atoms with Crippen LogP contribution in [0.15, 0.2) is 158 Å². The molecule has 0 aliphatic carbocycles. The Morgan fingerprint density at radius 3 is 1.59 bits per heavy atom. The van der Waals surface area contributed by atoms with Crippen molar-refractivity contribution in [1.82, 2.24) is 19.1 Å². The van der Waals surface area contributed by atoms with Crippen LogP contribution >= 0.6 is 0 Å². The summed E-state index contributed by atoms with van der Waals surface area (Å²) < 4.78 is 4.68. The number of rotatable bonds is 3. The standard InChI is InChI=1S/C42H26N4/c1-2-14-27(15-3-1)41-32-20-6-10-22-34(32)43-42(44-41)46-37-25-13-9-21-33(37)40-31-19-5-4-18-30(31)38(26-39(40)46)45-35-23-11-7-16-28(35)29-17-8-12-24-36(29)45/h1-26H. The highest BCUT2D eigenvalue weighted by Gasteiger charge is 2.22. The van der Waals surface area contributed by atoms with Crippen LogP contribution in [0.3, 0.4) is 0 Å². The Hall–Kier alpha value is -6.26. The second-order valence-electron chi connectivity index (χ2n) is 11.8. The monoisotopic (exact) mass is 586 g/mol. The van der Waals surface area contributed by atoms with Crippen molar-refractivity contribution in [2.75, 3.05) is 0 Å². The summed E-state index contributed by atoms with van der Waals surface area (Å²) in [5.74, 6) is 0.659. The maximum absolute atomic E-state index is 5.33. The highest BCUT2D eigenvalue weighted by molar-refractivity contribution is 6.24. The van der Waals surface area contributed by atoms with Crippen molar-refractivity contribution in [3.05, 3.63) is 158 Å². The summed E-state index contributed by atoms with van der Waals surface area (Å²) in [4.78, 5) is 10.6. The summed E-state index contributed by atoms with van der Waals surface area (Å²) in [6.45, 7) is 0. The molecule has 0 aliphatic heterocycles. The Bertz CT molecular complexity index is 2750. The zero-order valence-corrected chi connectivity index (χ0v) is 24.8. The minimum Gasteiger partial charge on any atom is -0.309 e. The molecule has 46 heavy (non-hydrogen) atoms. The third kappa shape index (κ3) is 3.49. The molecule has 0 bridgehead atoms. The molecule has 3 heterocycles. The van der Waals surface area contributed by atoms with E-state index in [9.17, 15) is 0 Å². The summed E-state index contributed by atoms with van der Waals surface area (Å²) in [7, 11) is 0. The van der Waals surface area contributed by atoms with Gasteiger partial charge in [0, 0.05) is 37.9 Å². The lowest BCUT2D eigenvalue weighted by molar-refractivity contribution is 1.01. The lowest BCUT2D eigenvalue weighted by Gasteiger charge is -2.15. The van der Waals surface area contributed by atoms with Gasteiger partial charge in [-0.3, -0.25) is 4.57 Å². The lowest BCUT2D eigenvalue weighted by atomic mass is 10.0. The van der Waals surface area contributed by atoms with Crippen LogP contribution in [-0.2, 0) is 0 Å². The summed E-state index contributed by atoms with van der Waals surface area (Å²) in [6, 6.07) is 55.9. The van der Waals surface area contributed by atoms with Gasteiger partial charge >= 0.3 is 0 Å². The van der Waals surface area contributed by atoms with E-state index < -0.39 is 0 Å². The molecule has 0 fully saturated rings. The molecule has 0 atom stereocenters. The van der Waals surface area contributed by atoms with Crippen molar-refractivity contribution in [1.29, 1.82) is 0 Å². The molecule has 0 unspecified atom stereocenters. The second kappa shape index (κ2) is 9.62. The van der Waals surface area contributed by atoms with Gasteiger partial charge in [-0.2, -0.15) is 0 Å². The van der Waals surface area contributed by atoms with Crippen molar-refractivity contribution < 1.29 is 0 Å². The van der Waals surface area contributed by atoms with Crippen molar-refractivity contribution in [3.8, 4) is 22.9 Å². The van der Waals surface area contributed by atoms with Gasteiger partial charge in [-0.05, 0) is 35.7 Å². The molecule has 214 valence electrons. The first-order valence-electron chi connectivity index (χ1n) is 15.6. The zero-order valence-electron chi connectivity index (χ0n) is 24.8. The number of hydrogen-bond acceptors (Lipinski definition) is 2. The zero-order chi connectivity index (χ0) is 30.2. The summed E-state index contributed by atoms with van der Waals surface area (Å²) in [5.41, 5.74) is 8.57. The van der Waals surface area contributed by atoms with Crippen LogP contribution in [0.2, 0.25) is 0 Å². The fraction of sp³-hybridized carbons (Fsp3) is 0. The number of fused-ring (bicyclic) bond motifs is 9. The average molecular weight is 587 g/mol. The summed E-state index contributed by atoms with van der Waals surface area (Å²) >= 11 is 0. The third-order valence-corrected chi connectivity index (χ3v) is 9.32. The number of hydrogen-bond donors (Lipinski definition) is 0. The van der Waals surface area contributed by atoms with E-state index in [0.717, 1.165) is 38.9 Å². The molecular formula is C42H26N4. The van der Waals surface area contributed by atoms with Crippen LogP contribution in [0.4, 0.5) is 0 Å². The van der Waals surface area contributed by atoms with Gasteiger partial charge in [0.15, 0.2) is 0 Å². The molecule has 10 rings (SSSR count). The van der Waals surface area contributed by atoms with Gasteiger partial charge in [-0.1, -0.05) is 127 Å². The van der Waals surface area contributed by atoms with Crippen LogP contribution in [-0.4, -0.2) is 19.1 Å². The number of benzene rings is 7.